The van der Waals surface area contributed by atoms with Crippen molar-refractivity contribution in [2.45, 2.75) is 39.2 Å². The van der Waals surface area contributed by atoms with Crippen molar-refractivity contribution in [3.05, 3.63) is 34.6 Å². The van der Waals surface area contributed by atoms with Crippen LogP contribution in [0.3, 0.4) is 0 Å². The van der Waals surface area contributed by atoms with Crippen molar-refractivity contribution >= 4 is 11.6 Å². The molecule has 0 spiro atoms. The second kappa shape index (κ2) is 4.58. The summed E-state index contributed by atoms with van der Waals surface area (Å²) in [6, 6.07) is 4.27. The highest BCUT2D eigenvalue weighted by molar-refractivity contribution is 6.31. The van der Waals surface area contributed by atoms with Crippen molar-refractivity contribution in [3.63, 3.8) is 0 Å². The fraction of sp³-hybridized carbons (Fsp3) is 0.571. The maximum Gasteiger partial charge on any atom is 0.123 e. The molecule has 2 atom stereocenters. The van der Waals surface area contributed by atoms with E-state index < -0.39 is 0 Å². The van der Waals surface area contributed by atoms with Crippen molar-refractivity contribution in [2.75, 3.05) is 0 Å². The average molecular weight is 256 g/mol. The lowest BCUT2D eigenvalue weighted by Crippen LogP contribution is -2.29. The molecule has 0 amide bonds. The van der Waals surface area contributed by atoms with Gasteiger partial charge < -0.3 is 5.73 Å². The molecule has 0 radical (unpaired) electrons. The first-order valence-electron chi connectivity index (χ1n) is 6.12. The van der Waals surface area contributed by atoms with Crippen molar-refractivity contribution in [3.8, 4) is 0 Å². The molecule has 2 N–H and O–H groups in total. The minimum Gasteiger partial charge on any atom is -0.324 e. The second-order valence-electron chi connectivity index (χ2n) is 5.68. The minimum absolute atomic E-state index is 0.171. The molecule has 2 rings (SSSR count). The van der Waals surface area contributed by atoms with Crippen molar-refractivity contribution in [2.24, 2.45) is 17.1 Å². The molecule has 1 aromatic rings. The first kappa shape index (κ1) is 12.8. The summed E-state index contributed by atoms with van der Waals surface area (Å²) in [7, 11) is 0. The molecule has 3 heteroatoms. The molecule has 1 aromatic carbocycles. The molecule has 1 fully saturated rings. The van der Waals surface area contributed by atoms with Crippen LogP contribution in [0.2, 0.25) is 5.02 Å². The fourth-order valence-electron chi connectivity index (χ4n) is 3.01. The quantitative estimate of drug-likeness (QED) is 0.838. The van der Waals surface area contributed by atoms with Gasteiger partial charge in [-0.3, -0.25) is 0 Å². The van der Waals surface area contributed by atoms with Crippen LogP contribution in [0.5, 0.6) is 0 Å². The van der Waals surface area contributed by atoms with Crippen LogP contribution in [0.15, 0.2) is 18.2 Å². The van der Waals surface area contributed by atoms with E-state index in [1.165, 1.54) is 25.0 Å². The topological polar surface area (TPSA) is 26.0 Å². The molecular formula is C14H19ClFN. The fourth-order valence-corrected chi connectivity index (χ4v) is 3.25. The first-order chi connectivity index (χ1) is 7.92. The van der Waals surface area contributed by atoms with E-state index in [9.17, 15) is 4.39 Å². The lowest BCUT2D eigenvalue weighted by atomic mass is 9.76. The number of hydrogen-bond donors (Lipinski definition) is 1. The van der Waals surface area contributed by atoms with E-state index >= 15 is 0 Å². The third-order valence-electron chi connectivity index (χ3n) is 4.09. The van der Waals surface area contributed by atoms with E-state index in [1.807, 2.05) is 0 Å². The Balaban J connectivity index is 2.30. The Labute approximate surface area is 107 Å². The highest BCUT2D eigenvalue weighted by Crippen LogP contribution is 2.48. The van der Waals surface area contributed by atoms with Crippen molar-refractivity contribution < 1.29 is 4.39 Å². The molecule has 0 aliphatic heterocycles. The van der Waals surface area contributed by atoms with E-state index in [-0.39, 0.29) is 17.3 Å². The Morgan fingerprint density at radius 1 is 1.47 bits per heavy atom. The SMILES string of the molecule is CC1(C)CCCC1C(N)c1cc(F)ccc1Cl. The Hall–Kier alpha value is -0.600. The largest absolute Gasteiger partial charge is 0.324 e. The van der Waals surface area contributed by atoms with Gasteiger partial charge in [0.05, 0.1) is 0 Å². The van der Waals surface area contributed by atoms with Gasteiger partial charge >= 0.3 is 0 Å². The number of nitrogens with two attached hydrogens (primary N) is 1. The van der Waals surface area contributed by atoms with Gasteiger partial charge in [-0.25, -0.2) is 4.39 Å². The summed E-state index contributed by atoms with van der Waals surface area (Å²) < 4.78 is 13.3. The Morgan fingerprint density at radius 2 is 2.18 bits per heavy atom. The zero-order chi connectivity index (χ0) is 12.6. The average Bonchev–Trinajstić information content (AvgIpc) is 2.61. The van der Waals surface area contributed by atoms with Gasteiger partial charge in [-0.1, -0.05) is 31.9 Å². The van der Waals surface area contributed by atoms with Crippen LogP contribution >= 0.6 is 11.6 Å². The molecule has 0 heterocycles. The summed E-state index contributed by atoms with van der Waals surface area (Å²) >= 11 is 6.12. The van der Waals surface area contributed by atoms with E-state index in [4.69, 9.17) is 17.3 Å². The summed E-state index contributed by atoms with van der Waals surface area (Å²) in [5.74, 6) is 0.109. The molecule has 2 unspecified atom stereocenters. The van der Waals surface area contributed by atoms with Crippen LogP contribution in [0.25, 0.3) is 0 Å². The normalized spacial score (nSPS) is 24.9. The maximum absolute atomic E-state index is 13.3. The molecule has 17 heavy (non-hydrogen) atoms. The number of halogens is 2. The van der Waals surface area contributed by atoms with Gasteiger partial charge in [0.15, 0.2) is 0 Å². The highest BCUT2D eigenvalue weighted by atomic mass is 35.5. The van der Waals surface area contributed by atoms with E-state index in [0.717, 1.165) is 12.0 Å². The monoisotopic (exact) mass is 255 g/mol. The second-order valence-corrected chi connectivity index (χ2v) is 6.09. The van der Waals surface area contributed by atoms with E-state index in [2.05, 4.69) is 13.8 Å². The van der Waals surface area contributed by atoms with E-state index in [1.54, 1.807) is 6.07 Å². The van der Waals surface area contributed by atoms with E-state index in [0.29, 0.717) is 10.9 Å². The molecule has 94 valence electrons. The summed E-state index contributed by atoms with van der Waals surface area (Å²) in [4.78, 5) is 0. The molecule has 1 nitrogen and oxygen atoms in total. The highest BCUT2D eigenvalue weighted by Gasteiger charge is 2.39. The van der Waals surface area contributed by atoms with Crippen molar-refractivity contribution in [1.29, 1.82) is 0 Å². The molecule has 0 bridgehead atoms. The predicted octanol–water partition coefficient (Wildman–Crippen LogP) is 4.31. The van der Waals surface area contributed by atoms with Gasteiger partial charge in [-0.2, -0.15) is 0 Å². The van der Waals surface area contributed by atoms with Crippen LogP contribution in [-0.2, 0) is 0 Å². The van der Waals surface area contributed by atoms with Crippen molar-refractivity contribution in [1.82, 2.24) is 0 Å². The third kappa shape index (κ3) is 2.48. The maximum atomic E-state index is 13.3. The third-order valence-corrected chi connectivity index (χ3v) is 4.43. The number of rotatable bonds is 2. The van der Waals surface area contributed by atoms with Gasteiger partial charge in [0.25, 0.3) is 0 Å². The Kier molecular flexibility index (Phi) is 3.46. The number of hydrogen-bond acceptors (Lipinski definition) is 1. The van der Waals surface area contributed by atoms with Crippen LogP contribution in [0.4, 0.5) is 4.39 Å². The summed E-state index contributed by atoms with van der Waals surface area (Å²) in [5.41, 5.74) is 7.25. The summed E-state index contributed by atoms with van der Waals surface area (Å²) in [5, 5.41) is 0.571. The standard InChI is InChI=1S/C14H19ClFN/c1-14(2)7-3-4-11(14)13(17)10-8-9(16)5-6-12(10)15/h5-6,8,11,13H,3-4,7,17H2,1-2H3. The smallest absolute Gasteiger partial charge is 0.123 e. The summed E-state index contributed by atoms with van der Waals surface area (Å²) in [6.07, 6.45) is 3.47. The van der Waals surface area contributed by atoms with Gasteiger partial charge in [0.1, 0.15) is 5.82 Å². The molecule has 1 saturated carbocycles. The first-order valence-corrected chi connectivity index (χ1v) is 6.50. The molecule has 0 saturated heterocycles. The lowest BCUT2D eigenvalue weighted by Gasteiger charge is -2.32. The molecule has 1 aliphatic carbocycles. The van der Waals surface area contributed by atoms with Gasteiger partial charge in [-0.05, 0) is 47.9 Å². The Morgan fingerprint density at radius 3 is 2.76 bits per heavy atom. The Bertz CT molecular complexity index is 417. The zero-order valence-corrected chi connectivity index (χ0v) is 11.1. The lowest BCUT2D eigenvalue weighted by molar-refractivity contribution is 0.222. The predicted molar refractivity (Wildman–Crippen MR) is 69.5 cm³/mol. The minimum atomic E-state index is -0.268. The zero-order valence-electron chi connectivity index (χ0n) is 10.3. The van der Waals surface area contributed by atoms with Gasteiger partial charge in [0, 0.05) is 11.1 Å². The van der Waals surface area contributed by atoms with Crippen LogP contribution in [0, 0.1) is 17.2 Å². The number of benzene rings is 1. The molecular weight excluding hydrogens is 237 g/mol. The van der Waals surface area contributed by atoms with Crippen LogP contribution in [-0.4, -0.2) is 0 Å². The van der Waals surface area contributed by atoms with Gasteiger partial charge in [-0.15, -0.1) is 0 Å². The summed E-state index contributed by atoms with van der Waals surface area (Å²) in [6.45, 7) is 4.47. The van der Waals surface area contributed by atoms with Gasteiger partial charge in [0.2, 0.25) is 0 Å². The van der Waals surface area contributed by atoms with Crippen LogP contribution in [0.1, 0.15) is 44.7 Å². The van der Waals surface area contributed by atoms with Crippen LogP contribution < -0.4 is 5.73 Å². The molecule has 0 aromatic heterocycles. The molecule has 1 aliphatic rings.